The van der Waals surface area contributed by atoms with E-state index in [9.17, 15) is 18.0 Å². The molecule has 0 N–H and O–H groups in total. The molecule has 2 fully saturated rings. The van der Waals surface area contributed by atoms with Crippen LogP contribution in [0.3, 0.4) is 0 Å². The van der Waals surface area contributed by atoms with Crippen molar-refractivity contribution in [1.82, 2.24) is 9.80 Å². The van der Waals surface area contributed by atoms with Crippen molar-refractivity contribution in [2.45, 2.75) is 63.3 Å². The molecule has 0 saturated carbocycles. The molecule has 2 aliphatic heterocycles. The molecule has 24 heavy (non-hydrogen) atoms. The summed E-state index contributed by atoms with van der Waals surface area (Å²) in [5.74, 6) is -0.222. The van der Waals surface area contributed by atoms with E-state index in [1.54, 1.807) is 30.6 Å². The Morgan fingerprint density at radius 1 is 1.25 bits per heavy atom. The summed E-state index contributed by atoms with van der Waals surface area (Å²) in [4.78, 5) is 27.7. The second-order valence-electron chi connectivity index (χ2n) is 7.42. The Bertz CT molecular complexity index is 601. The van der Waals surface area contributed by atoms with E-state index < -0.39 is 26.0 Å². The van der Waals surface area contributed by atoms with Gasteiger partial charge in [0.1, 0.15) is 10.9 Å². The first-order chi connectivity index (χ1) is 11.0. The molecule has 0 aromatic heterocycles. The van der Waals surface area contributed by atoms with Crippen molar-refractivity contribution in [2.24, 2.45) is 0 Å². The zero-order valence-electron chi connectivity index (χ0n) is 14.3. The third-order valence-electron chi connectivity index (χ3n) is 4.26. The first-order valence-electron chi connectivity index (χ1n) is 8.18. The van der Waals surface area contributed by atoms with Crippen molar-refractivity contribution in [3.8, 4) is 0 Å². The topological polar surface area (TPSA) is 84.0 Å². The van der Waals surface area contributed by atoms with Gasteiger partial charge in [0.15, 0.2) is 0 Å². The first kappa shape index (κ1) is 19.3. The van der Waals surface area contributed by atoms with Crippen molar-refractivity contribution in [3.05, 3.63) is 0 Å². The van der Waals surface area contributed by atoms with Crippen LogP contribution in [0.25, 0.3) is 0 Å². The van der Waals surface area contributed by atoms with E-state index in [4.69, 9.17) is 15.4 Å². The summed E-state index contributed by atoms with van der Waals surface area (Å²) in [6, 6.07) is -0.198. The van der Waals surface area contributed by atoms with Crippen molar-refractivity contribution in [2.75, 3.05) is 19.6 Å². The van der Waals surface area contributed by atoms with Gasteiger partial charge in [0, 0.05) is 42.8 Å². The molecule has 2 aliphatic rings. The van der Waals surface area contributed by atoms with Gasteiger partial charge in [-0.3, -0.25) is 4.79 Å². The van der Waals surface area contributed by atoms with Gasteiger partial charge in [-0.15, -0.1) is 0 Å². The monoisotopic (exact) mass is 380 g/mol. The minimum Gasteiger partial charge on any atom is -0.444 e. The molecule has 0 aromatic carbocycles. The number of carbonyl (C=O) groups excluding carboxylic acids is 2. The van der Waals surface area contributed by atoms with E-state index in [1.807, 2.05) is 0 Å². The molecule has 9 heteroatoms. The summed E-state index contributed by atoms with van der Waals surface area (Å²) in [7, 11) is 1.64. The summed E-state index contributed by atoms with van der Waals surface area (Å²) in [5.41, 5.74) is -0.583. The predicted octanol–water partition coefficient (Wildman–Crippen LogP) is 1.95. The number of carbonyl (C=O) groups is 2. The van der Waals surface area contributed by atoms with Crippen LogP contribution in [0.5, 0.6) is 0 Å². The number of likely N-dealkylation sites (tertiary alicyclic amines) is 2. The summed E-state index contributed by atoms with van der Waals surface area (Å²) >= 11 is 0. The molecular formula is C15H25ClN2O5S. The maximum Gasteiger partial charge on any atom is 0.410 e. The maximum atomic E-state index is 12.3. The molecule has 2 atom stereocenters. The summed E-state index contributed by atoms with van der Waals surface area (Å²) in [6.45, 7) is 6.44. The largest absolute Gasteiger partial charge is 0.444 e. The standard InChI is InChI=1S/C15H25ClN2O5S/c1-15(2,3)23-14(20)17-7-5-4-6-11(9-17)18-10-12(8-13(18)19)24(16,21)22/h11-12H,4-10H2,1-3H3. The number of hydrogen-bond donors (Lipinski definition) is 0. The maximum absolute atomic E-state index is 12.3. The van der Waals surface area contributed by atoms with Gasteiger partial charge in [0.05, 0.1) is 0 Å². The zero-order valence-corrected chi connectivity index (χ0v) is 15.9. The smallest absolute Gasteiger partial charge is 0.410 e. The molecule has 0 aliphatic carbocycles. The molecule has 2 heterocycles. The van der Waals surface area contributed by atoms with Crippen LogP contribution in [0, 0.1) is 0 Å². The van der Waals surface area contributed by atoms with Crippen LogP contribution < -0.4 is 0 Å². The van der Waals surface area contributed by atoms with Crippen LogP contribution in [0.1, 0.15) is 46.5 Å². The van der Waals surface area contributed by atoms with E-state index in [0.717, 1.165) is 19.3 Å². The molecule has 7 nitrogen and oxygen atoms in total. The highest BCUT2D eigenvalue weighted by molar-refractivity contribution is 8.14. The van der Waals surface area contributed by atoms with E-state index in [2.05, 4.69) is 0 Å². The number of amides is 2. The predicted molar refractivity (Wildman–Crippen MR) is 90.3 cm³/mol. The average Bonchev–Trinajstić information content (AvgIpc) is 2.67. The van der Waals surface area contributed by atoms with Gasteiger partial charge in [-0.1, -0.05) is 0 Å². The molecule has 2 saturated heterocycles. The van der Waals surface area contributed by atoms with E-state index >= 15 is 0 Å². The van der Waals surface area contributed by atoms with Crippen molar-refractivity contribution in [1.29, 1.82) is 0 Å². The second kappa shape index (κ2) is 7.07. The van der Waals surface area contributed by atoms with Crippen LogP contribution in [0.15, 0.2) is 0 Å². The molecule has 138 valence electrons. The fourth-order valence-electron chi connectivity index (χ4n) is 3.11. The van der Waals surface area contributed by atoms with Gasteiger partial charge >= 0.3 is 6.09 Å². The average molecular weight is 381 g/mol. The highest BCUT2D eigenvalue weighted by Gasteiger charge is 2.41. The Balaban J connectivity index is 2.07. The zero-order chi connectivity index (χ0) is 18.1. The van der Waals surface area contributed by atoms with Gasteiger partial charge in [-0.2, -0.15) is 0 Å². The Morgan fingerprint density at radius 3 is 2.46 bits per heavy atom. The van der Waals surface area contributed by atoms with Gasteiger partial charge in [-0.25, -0.2) is 13.2 Å². The number of nitrogens with zero attached hydrogens (tertiary/aromatic N) is 2. The van der Waals surface area contributed by atoms with Crippen LogP contribution in [-0.4, -0.2) is 66.7 Å². The Labute approximate surface area is 147 Å². The lowest BCUT2D eigenvalue weighted by molar-refractivity contribution is -0.130. The van der Waals surface area contributed by atoms with Gasteiger partial charge in [-0.05, 0) is 40.0 Å². The highest BCUT2D eigenvalue weighted by atomic mass is 35.7. The number of ether oxygens (including phenoxy) is 1. The van der Waals surface area contributed by atoms with Crippen LogP contribution >= 0.6 is 10.7 Å². The van der Waals surface area contributed by atoms with E-state index in [-0.39, 0.29) is 24.9 Å². The van der Waals surface area contributed by atoms with Crippen LogP contribution in [0.4, 0.5) is 4.79 Å². The molecular weight excluding hydrogens is 356 g/mol. The normalized spacial score (nSPS) is 26.4. The molecule has 2 amide bonds. The molecule has 2 rings (SSSR count). The lowest BCUT2D eigenvalue weighted by Crippen LogP contribution is -2.47. The number of halogens is 1. The molecule has 2 unspecified atom stereocenters. The highest BCUT2D eigenvalue weighted by Crippen LogP contribution is 2.27. The quantitative estimate of drug-likeness (QED) is 0.683. The number of hydrogen-bond acceptors (Lipinski definition) is 5. The molecule has 0 aromatic rings. The third-order valence-corrected chi connectivity index (χ3v) is 6.13. The van der Waals surface area contributed by atoms with Crippen molar-refractivity contribution < 1.29 is 22.7 Å². The summed E-state index contributed by atoms with van der Waals surface area (Å²) in [5, 5.41) is -0.870. The minimum atomic E-state index is -3.77. The molecule has 0 bridgehead atoms. The number of rotatable bonds is 2. The lowest BCUT2D eigenvalue weighted by Gasteiger charge is -2.32. The van der Waals surface area contributed by atoms with E-state index in [1.165, 1.54) is 0 Å². The summed E-state index contributed by atoms with van der Waals surface area (Å²) < 4.78 is 28.4. The van der Waals surface area contributed by atoms with Crippen molar-refractivity contribution in [3.63, 3.8) is 0 Å². The van der Waals surface area contributed by atoms with E-state index in [0.29, 0.717) is 13.1 Å². The second-order valence-corrected chi connectivity index (χ2v) is 10.3. The molecule has 0 spiro atoms. The lowest BCUT2D eigenvalue weighted by atomic mass is 10.1. The summed E-state index contributed by atoms with van der Waals surface area (Å²) in [6.07, 6.45) is 1.94. The Hall–Kier alpha value is -1.02. The third kappa shape index (κ3) is 4.99. The van der Waals surface area contributed by atoms with Crippen LogP contribution in [-0.2, 0) is 18.6 Å². The first-order valence-corrected chi connectivity index (χ1v) is 10.6. The Morgan fingerprint density at radius 2 is 1.92 bits per heavy atom. The Kier molecular flexibility index (Phi) is 5.69. The SMILES string of the molecule is CC(C)(C)OC(=O)N1CCCCC(N2CC(S(=O)(=O)Cl)CC2=O)C1. The van der Waals surface area contributed by atoms with Gasteiger partial charge < -0.3 is 14.5 Å². The minimum absolute atomic E-state index is 0.0885. The van der Waals surface area contributed by atoms with Crippen molar-refractivity contribution >= 4 is 31.7 Å². The van der Waals surface area contributed by atoms with Crippen LogP contribution in [0.2, 0.25) is 0 Å². The fraction of sp³-hybridized carbons (Fsp3) is 0.867. The fourth-order valence-corrected chi connectivity index (χ4v) is 4.14. The molecule has 0 radical (unpaired) electrons. The van der Waals surface area contributed by atoms with Gasteiger partial charge in [0.2, 0.25) is 15.0 Å². The van der Waals surface area contributed by atoms with Gasteiger partial charge in [0.25, 0.3) is 0 Å².